The van der Waals surface area contributed by atoms with Gasteiger partial charge in [0.25, 0.3) is 5.69 Å². The number of imide groups is 1. The molecule has 9 nitrogen and oxygen atoms in total. The summed E-state index contributed by atoms with van der Waals surface area (Å²) in [6.45, 7) is 3.36. The van der Waals surface area contributed by atoms with Crippen LogP contribution >= 0.6 is 0 Å². The Morgan fingerprint density at radius 2 is 1.69 bits per heavy atom. The number of anilines is 1. The van der Waals surface area contributed by atoms with Crippen molar-refractivity contribution in [3.63, 3.8) is 0 Å². The molecule has 1 heterocycles. The van der Waals surface area contributed by atoms with Gasteiger partial charge in [-0.1, -0.05) is 23.8 Å². The van der Waals surface area contributed by atoms with Crippen molar-refractivity contribution in [1.82, 2.24) is 0 Å². The molecule has 2 aromatic carbocycles. The number of nitrogens with zero attached hydrogens (tertiary/aromatic N) is 2. The number of Topliss-reactive ketones (excluding diaryl/α,β-unsaturated/α-hetero) is 1. The van der Waals surface area contributed by atoms with E-state index in [4.69, 9.17) is 0 Å². The van der Waals surface area contributed by atoms with Crippen LogP contribution in [0.15, 0.2) is 76.9 Å². The average molecular weight is 525 g/mol. The van der Waals surface area contributed by atoms with Gasteiger partial charge in [-0.3, -0.25) is 34.2 Å². The third-order valence-electron chi connectivity index (χ3n) is 8.44. The Labute approximate surface area is 223 Å². The van der Waals surface area contributed by atoms with Gasteiger partial charge in [0.1, 0.15) is 5.75 Å². The summed E-state index contributed by atoms with van der Waals surface area (Å²) in [5.41, 5.74) is 3.38. The maximum atomic E-state index is 13.9. The van der Waals surface area contributed by atoms with Crippen LogP contribution in [0.3, 0.4) is 0 Å². The lowest BCUT2D eigenvalue weighted by atomic mass is 9.59. The van der Waals surface area contributed by atoms with E-state index in [0.717, 1.165) is 16.0 Å². The number of phenolic OH excluding ortho intramolecular Hbond substituents is 1. The molecule has 1 fully saturated rings. The first-order valence-corrected chi connectivity index (χ1v) is 12.7. The molecular weight excluding hydrogens is 500 g/mol. The number of amides is 2. The largest absolute Gasteiger partial charge is 0.508 e. The minimum Gasteiger partial charge on any atom is -0.508 e. The second-order valence-electron chi connectivity index (χ2n) is 10.6. The van der Waals surface area contributed by atoms with E-state index >= 15 is 0 Å². The van der Waals surface area contributed by atoms with Crippen molar-refractivity contribution in [3.05, 3.63) is 98.2 Å². The quantitative estimate of drug-likeness (QED) is 0.209. The van der Waals surface area contributed by atoms with E-state index in [-0.39, 0.29) is 47.4 Å². The molecule has 4 atom stereocenters. The molecule has 9 heteroatoms. The SMILES string of the molecule is CC1=CC(=O)C2=C(C1=O)C(c1ccc(O)c(C)c1)C1=CCC3C(=O)N(c4ccc([N+](=O)[O-])cc4)C(=O)C3C1C2. The Morgan fingerprint density at radius 3 is 2.36 bits per heavy atom. The Balaban J connectivity index is 1.46. The van der Waals surface area contributed by atoms with Crippen LogP contribution in [0.4, 0.5) is 11.4 Å². The van der Waals surface area contributed by atoms with E-state index in [1.54, 1.807) is 32.0 Å². The monoisotopic (exact) mass is 524 g/mol. The summed E-state index contributed by atoms with van der Waals surface area (Å²) >= 11 is 0. The van der Waals surface area contributed by atoms with Gasteiger partial charge in [-0.25, -0.2) is 0 Å². The molecule has 6 rings (SSSR count). The second kappa shape index (κ2) is 8.69. The lowest BCUT2D eigenvalue weighted by Gasteiger charge is -2.42. The lowest BCUT2D eigenvalue weighted by Crippen LogP contribution is -2.39. The number of nitro groups is 1. The summed E-state index contributed by atoms with van der Waals surface area (Å²) in [5.74, 6) is -3.63. The number of carbonyl (C=O) groups is 4. The summed E-state index contributed by atoms with van der Waals surface area (Å²) in [5, 5.41) is 21.2. The van der Waals surface area contributed by atoms with Gasteiger partial charge in [-0.05, 0) is 68.0 Å². The normalized spacial score (nSPS) is 26.2. The number of ketones is 2. The highest BCUT2D eigenvalue weighted by molar-refractivity contribution is 6.25. The van der Waals surface area contributed by atoms with Crippen LogP contribution in [-0.4, -0.2) is 33.4 Å². The number of allylic oxidation sites excluding steroid dienone is 6. The zero-order valence-corrected chi connectivity index (χ0v) is 21.2. The summed E-state index contributed by atoms with van der Waals surface area (Å²) in [6, 6.07) is 10.4. The maximum absolute atomic E-state index is 13.9. The molecule has 0 bridgehead atoms. The molecule has 1 saturated heterocycles. The van der Waals surface area contributed by atoms with Crippen molar-refractivity contribution in [1.29, 1.82) is 0 Å². The second-order valence-corrected chi connectivity index (χ2v) is 10.6. The van der Waals surface area contributed by atoms with Crippen molar-refractivity contribution in [2.24, 2.45) is 17.8 Å². The number of aryl methyl sites for hydroxylation is 1. The minimum atomic E-state index is -0.739. The smallest absolute Gasteiger partial charge is 0.269 e. The first-order valence-electron chi connectivity index (χ1n) is 12.7. The summed E-state index contributed by atoms with van der Waals surface area (Å²) in [6.07, 6.45) is 3.72. The summed E-state index contributed by atoms with van der Waals surface area (Å²) < 4.78 is 0. The Hall–Kier alpha value is -4.66. The molecule has 0 spiro atoms. The van der Waals surface area contributed by atoms with E-state index in [0.29, 0.717) is 22.3 Å². The van der Waals surface area contributed by atoms with Crippen molar-refractivity contribution in [2.45, 2.75) is 32.6 Å². The molecule has 0 radical (unpaired) electrons. The third kappa shape index (κ3) is 3.60. The van der Waals surface area contributed by atoms with Crippen LogP contribution in [0, 0.1) is 34.8 Å². The standard InChI is InChI=1S/C30H24N2O7/c1-14-11-16(3-10-23(14)33)25-19-8-9-20-26(21(19)13-22-24(34)12-15(2)28(35)27(22)25)30(37)31(29(20)36)17-4-6-18(7-5-17)32(38)39/h3-8,10-12,20-21,25-26,33H,9,13H2,1-2H3. The number of fused-ring (bicyclic) bond motifs is 3. The molecule has 1 aliphatic heterocycles. The number of hydrogen-bond acceptors (Lipinski definition) is 7. The highest BCUT2D eigenvalue weighted by atomic mass is 16.6. The predicted octanol–water partition coefficient (Wildman–Crippen LogP) is 4.24. The highest BCUT2D eigenvalue weighted by Crippen LogP contribution is 2.55. The van der Waals surface area contributed by atoms with E-state index < -0.39 is 34.5 Å². The van der Waals surface area contributed by atoms with Crippen molar-refractivity contribution < 1.29 is 29.2 Å². The fourth-order valence-electron chi connectivity index (χ4n) is 6.58. The molecule has 2 aromatic rings. The number of carbonyl (C=O) groups excluding carboxylic acids is 4. The van der Waals surface area contributed by atoms with Crippen LogP contribution in [0.25, 0.3) is 0 Å². The molecule has 4 aliphatic rings. The maximum Gasteiger partial charge on any atom is 0.269 e. The van der Waals surface area contributed by atoms with Gasteiger partial charge in [0.15, 0.2) is 11.6 Å². The molecule has 2 amide bonds. The molecule has 1 N–H and O–H groups in total. The first-order chi connectivity index (χ1) is 18.6. The van der Waals surface area contributed by atoms with E-state index in [9.17, 15) is 34.4 Å². The lowest BCUT2D eigenvalue weighted by molar-refractivity contribution is -0.384. The van der Waals surface area contributed by atoms with Crippen LogP contribution in [0.5, 0.6) is 5.75 Å². The average Bonchev–Trinajstić information content (AvgIpc) is 3.17. The van der Waals surface area contributed by atoms with Crippen molar-refractivity contribution in [3.8, 4) is 5.75 Å². The first kappa shape index (κ1) is 24.7. The van der Waals surface area contributed by atoms with Gasteiger partial charge in [-0.15, -0.1) is 0 Å². The number of aromatic hydroxyl groups is 1. The zero-order valence-electron chi connectivity index (χ0n) is 21.2. The van der Waals surface area contributed by atoms with Crippen LogP contribution in [-0.2, 0) is 19.2 Å². The number of benzene rings is 2. The topological polar surface area (TPSA) is 135 Å². The number of non-ortho nitro benzene ring substituents is 1. The zero-order chi connectivity index (χ0) is 27.7. The summed E-state index contributed by atoms with van der Waals surface area (Å²) in [4.78, 5) is 65.6. The minimum absolute atomic E-state index is 0.107. The molecule has 3 aliphatic carbocycles. The molecule has 4 unspecified atom stereocenters. The van der Waals surface area contributed by atoms with Gasteiger partial charge in [0, 0.05) is 34.8 Å². The molecule has 0 aromatic heterocycles. The molecule has 196 valence electrons. The third-order valence-corrected chi connectivity index (χ3v) is 8.44. The Bertz CT molecular complexity index is 1610. The van der Waals surface area contributed by atoms with E-state index in [1.165, 1.54) is 30.3 Å². The molecule has 39 heavy (non-hydrogen) atoms. The summed E-state index contributed by atoms with van der Waals surface area (Å²) in [7, 11) is 0. The van der Waals surface area contributed by atoms with E-state index in [1.807, 2.05) is 6.08 Å². The van der Waals surface area contributed by atoms with E-state index in [2.05, 4.69) is 0 Å². The molecule has 0 saturated carbocycles. The van der Waals surface area contributed by atoms with Gasteiger partial charge in [0.2, 0.25) is 11.8 Å². The number of nitro benzene ring substituents is 1. The number of phenols is 1. The number of hydrogen-bond donors (Lipinski definition) is 1. The number of rotatable bonds is 3. The van der Waals surface area contributed by atoms with Crippen LogP contribution < -0.4 is 4.90 Å². The van der Waals surface area contributed by atoms with Gasteiger partial charge >= 0.3 is 0 Å². The van der Waals surface area contributed by atoms with Gasteiger partial charge < -0.3 is 5.11 Å². The van der Waals surface area contributed by atoms with Gasteiger partial charge in [0.05, 0.1) is 22.4 Å². The fraction of sp³-hybridized carbons (Fsp3) is 0.267. The van der Waals surface area contributed by atoms with Crippen LogP contribution in [0.1, 0.15) is 36.8 Å². The Morgan fingerprint density at radius 1 is 0.974 bits per heavy atom. The van der Waals surface area contributed by atoms with Crippen molar-refractivity contribution >= 4 is 34.8 Å². The van der Waals surface area contributed by atoms with Crippen molar-refractivity contribution in [2.75, 3.05) is 4.90 Å². The Kier molecular flexibility index (Phi) is 5.50. The van der Waals surface area contributed by atoms with Gasteiger partial charge in [-0.2, -0.15) is 0 Å². The molecular formula is C30H24N2O7. The van der Waals surface area contributed by atoms with Crippen LogP contribution in [0.2, 0.25) is 0 Å². The fourth-order valence-corrected chi connectivity index (χ4v) is 6.58. The predicted molar refractivity (Wildman–Crippen MR) is 140 cm³/mol. The highest BCUT2D eigenvalue weighted by Gasteiger charge is 2.56.